The van der Waals surface area contributed by atoms with Gasteiger partial charge in [0.2, 0.25) is 5.78 Å². The van der Waals surface area contributed by atoms with Gasteiger partial charge in [-0.05, 0) is 49.9 Å². The summed E-state index contributed by atoms with van der Waals surface area (Å²) in [7, 11) is 9.78. The van der Waals surface area contributed by atoms with Gasteiger partial charge in [-0.2, -0.15) is 0 Å². The number of aldehydes is 1. The number of amides is 1. The van der Waals surface area contributed by atoms with Gasteiger partial charge in [0, 0.05) is 11.0 Å². The molecule has 2 aromatic rings. The Labute approximate surface area is 223 Å². The summed E-state index contributed by atoms with van der Waals surface area (Å²) in [6.07, 6.45) is 1.38. The molecular weight excluding hydrogens is 507 g/mol. The van der Waals surface area contributed by atoms with Crippen molar-refractivity contribution in [3.63, 3.8) is 0 Å². The maximum absolute atomic E-state index is 14.2. The number of aromatic hydroxyl groups is 1. The van der Waals surface area contributed by atoms with Gasteiger partial charge < -0.3 is 30.6 Å². The van der Waals surface area contributed by atoms with Gasteiger partial charge in [0.15, 0.2) is 17.7 Å². The van der Waals surface area contributed by atoms with E-state index >= 15 is 0 Å². The third-order valence-electron chi connectivity index (χ3n) is 8.31. The molecule has 1 heterocycles. The molecule has 2 radical (unpaired) electrons. The molecule has 1 aromatic heterocycles. The van der Waals surface area contributed by atoms with Gasteiger partial charge in [-0.25, -0.2) is 0 Å². The highest BCUT2D eigenvalue weighted by molar-refractivity contribution is 6.30. The summed E-state index contributed by atoms with van der Waals surface area (Å²) < 4.78 is 5.35. The predicted molar refractivity (Wildman–Crippen MR) is 137 cm³/mol. The lowest BCUT2D eigenvalue weighted by Gasteiger charge is -2.60. The second kappa shape index (κ2) is 8.17. The van der Waals surface area contributed by atoms with Crippen LogP contribution in [0.1, 0.15) is 34.8 Å². The van der Waals surface area contributed by atoms with Crippen molar-refractivity contribution in [2.45, 2.75) is 36.7 Å². The second-order valence-electron chi connectivity index (χ2n) is 10.8. The molecule has 0 aliphatic heterocycles. The van der Waals surface area contributed by atoms with Gasteiger partial charge in [-0.15, -0.1) is 0 Å². The second-order valence-corrected chi connectivity index (χ2v) is 10.8. The van der Waals surface area contributed by atoms with Crippen molar-refractivity contribution in [2.24, 2.45) is 11.1 Å². The number of nitrogens with zero attached hydrogens (tertiary/aromatic N) is 1. The van der Waals surface area contributed by atoms with E-state index in [-0.39, 0.29) is 35.3 Å². The van der Waals surface area contributed by atoms with Crippen LogP contribution < -0.4 is 5.73 Å². The quantitative estimate of drug-likeness (QED) is 0.217. The molecule has 39 heavy (non-hydrogen) atoms. The van der Waals surface area contributed by atoms with E-state index in [0.717, 1.165) is 0 Å². The van der Waals surface area contributed by atoms with E-state index < -0.39 is 68.3 Å². The van der Waals surface area contributed by atoms with Gasteiger partial charge >= 0.3 is 0 Å². The number of Topliss-reactive ketones (excluding diaryl/α,β-unsaturated/α-hetero) is 2. The van der Waals surface area contributed by atoms with Crippen LogP contribution >= 0.6 is 0 Å². The lowest BCUT2D eigenvalue weighted by molar-refractivity contribution is -0.170. The Kier molecular flexibility index (Phi) is 5.54. The summed E-state index contributed by atoms with van der Waals surface area (Å²) in [5, 5.41) is 44.0. The molecule has 5 rings (SSSR count). The number of rotatable bonds is 4. The van der Waals surface area contributed by atoms with E-state index in [4.69, 9.17) is 18.0 Å². The molecule has 3 aliphatic carbocycles. The summed E-state index contributed by atoms with van der Waals surface area (Å²) in [6, 6.07) is 3.12. The monoisotopic (exact) mass is 532 g/mol. The highest BCUT2D eigenvalue weighted by atomic mass is 16.4. The molecule has 1 fully saturated rings. The summed E-state index contributed by atoms with van der Waals surface area (Å²) in [4.78, 5) is 52.5. The van der Waals surface area contributed by atoms with Crippen molar-refractivity contribution in [1.82, 2.24) is 4.90 Å². The minimum Gasteiger partial charge on any atom is -0.508 e. The number of hydrogen-bond acceptors (Lipinski definition) is 10. The van der Waals surface area contributed by atoms with Crippen molar-refractivity contribution in [2.75, 3.05) is 14.1 Å². The molecule has 200 valence electrons. The molecule has 12 heteroatoms. The van der Waals surface area contributed by atoms with Crippen LogP contribution in [0, 0.1) is 5.41 Å². The largest absolute Gasteiger partial charge is 0.508 e. The average Bonchev–Trinajstić information content (AvgIpc) is 3.29. The first-order valence-corrected chi connectivity index (χ1v) is 12.0. The molecular formula is C27H25BN2O9. The summed E-state index contributed by atoms with van der Waals surface area (Å²) >= 11 is 0. The third-order valence-corrected chi connectivity index (χ3v) is 8.31. The minimum absolute atomic E-state index is 0.0279. The highest BCUT2D eigenvalue weighted by Crippen LogP contribution is 2.65. The number of fused-ring (bicyclic) bond motifs is 3. The minimum atomic E-state index is -2.87. The SMILES string of the molecule is [B][C@@]12Cc3ccc(-c4occc4C=O)c(O)c3C(O)=C1C(=O)[C@]1(O)C(O)=C(C(N)=O)C(=O)[C@@H](N(C)C)[C@]1(C)C2. The molecule has 4 atom stereocenters. The van der Waals surface area contributed by atoms with E-state index in [2.05, 4.69) is 0 Å². The van der Waals surface area contributed by atoms with Gasteiger partial charge in [0.1, 0.15) is 28.6 Å². The zero-order chi connectivity index (χ0) is 28.8. The standard InChI is InChI=1S/C27H25BN2O9/c1-25-10-26(28)8-11-4-5-13(20-12(9-31)6-7-39-20)17(32)14(11)18(33)16(26)23(36)27(25,38)22(35)15(24(29)37)19(34)21(25)30(2)3/h4-7,9,21,32-33,35,38H,8,10H2,1-3H3,(H2,29,37)/t21-,25+,26-,27-/m1/s1. The van der Waals surface area contributed by atoms with Crippen LogP contribution in [0.25, 0.3) is 17.1 Å². The zero-order valence-electron chi connectivity index (χ0n) is 21.3. The van der Waals surface area contributed by atoms with E-state index in [1.165, 1.54) is 44.3 Å². The van der Waals surface area contributed by atoms with Crippen LogP contribution in [-0.2, 0) is 20.8 Å². The number of hydrogen-bond donors (Lipinski definition) is 5. The average molecular weight is 532 g/mol. The van der Waals surface area contributed by atoms with Gasteiger partial charge in [-0.3, -0.25) is 24.1 Å². The third kappa shape index (κ3) is 3.12. The molecule has 1 amide bonds. The number of phenols is 1. The number of furan rings is 1. The van der Waals surface area contributed by atoms with Crippen LogP contribution in [0.5, 0.6) is 5.75 Å². The molecule has 3 aliphatic rings. The van der Waals surface area contributed by atoms with Gasteiger partial charge in [0.25, 0.3) is 5.91 Å². The molecule has 1 aromatic carbocycles. The Morgan fingerprint density at radius 1 is 1.21 bits per heavy atom. The van der Waals surface area contributed by atoms with E-state index in [1.807, 2.05) is 0 Å². The number of aliphatic hydroxyl groups is 3. The molecule has 0 saturated heterocycles. The highest BCUT2D eigenvalue weighted by Gasteiger charge is 2.72. The van der Waals surface area contributed by atoms with Crippen LogP contribution in [-0.4, -0.2) is 82.7 Å². The van der Waals surface area contributed by atoms with Crippen molar-refractivity contribution in [3.8, 4) is 17.1 Å². The first kappa shape index (κ1) is 26.5. The Morgan fingerprint density at radius 3 is 2.46 bits per heavy atom. The molecule has 0 bridgehead atoms. The number of primary amides is 1. The van der Waals surface area contributed by atoms with E-state index in [9.17, 15) is 39.6 Å². The first-order valence-electron chi connectivity index (χ1n) is 12.0. The Balaban J connectivity index is 1.80. The zero-order valence-corrected chi connectivity index (χ0v) is 21.3. The molecule has 6 N–H and O–H groups in total. The van der Waals surface area contributed by atoms with Crippen LogP contribution in [0.2, 0.25) is 5.31 Å². The summed E-state index contributed by atoms with van der Waals surface area (Å²) in [5.41, 5.74) is -0.333. The van der Waals surface area contributed by atoms with Crippen molar-refractivity contribution >= 4 is 37.4 Å². The predicted octanol–water partition coefficient (Wildman–Crippen LogP) is 1.14. The Morgan fingerprint density at radius 2 is 1.87 bits per heavy atom. The lowest BCUT2D eigenvalue weighted by atomic mass is 9.40. The smallest absolute Gasteiger partial charge is 0.255 e. The van der Waals surface area contributed by atoms with E-state index in [0.29, 0.717) is 11.8 Å². The Bertz CT molecular complexity index is 1570. The van der Waals surface area contributed by atoms with Crippen molar-refractivity contribution in [1.29, 1.82) is 0 Å². The number of phenolic OH excluding ortho intramolecular Hbond substituents is 1. The van der Waals surface area contributed by atoms with Crippen molar-refractivity contribution in [3.05, 3.63) is 58.1 Å². The number of likely N-dealkylation sites (N-methyl/N-ethyl adjacent to an activating group) is 1. The van der Waals surface area contributed by atoms with Crippen LogP contribution in [0.15, 0.2) is 45.8 Å². The maximum Gasteiger partial charge on any atom is 0.255 e. The topological polar surface area (TPSA) is 192 Å². The lowest BCUT2D eigenvalue weighted by Crippen LogP contribution is -2.72. The Hall–Kier alpha value is -4.16. The van der Waals surface area contributed by atoms with E-state index in [1.54, 1.807) is 6.07 Å². The maximum atomic E-state index is 14.2. The fraction of sp³-hybridized carbons (Fsp3) is 0.333. The first-order chi connectivity index (χ1) is 18.2. The van der Waals surface area contributed by atoms with Crippen LogP contribution in [0.4, 0.5) is 0 Å². The molecule has 0 spiro atoms. The summed E-state index contributed by atoms with van der Waals surface area (Å²) in [6.45, 7) is 1.40. The molecule has 11 nitrogen and oxygen atoms in total. The number of carbonyl (C=O) groups excluding carboxylic acids is 4. The van der Waals surface area contributed by atoms with Crippen molar-refractivity contribution < 1.29 is 44.0 Å². The van der Waals surface area contributed by atoms with Crippen LogP contribution in [0.3, 0.4) is 0 Å². The molecule has 1 saturated carbocycles. The number of benzene rings is 1. The summed E-state index contributed by atoms with van der Waals surface area (Å²) in [5.74, 6) is -5.92. The number of ketones is 2. The normalized spacial score (nSPS) is 30.2. The van der Waals surface area contributed by atoms with Gasteiger partial charge in [0.05, 0.1) is 36.8 Å². The number of nitrogens with two attached hydrogens (primary N) is 1. The van der Waals surface area contributed by atoms with Gasteiger partial charge in [-0.1, -0.05) is 13.0 Å². The number of aliphatic hydroxyl groups excluding tert-OH is 2. The molecule has 0 unspecified atom stereocenters. The fourth-order valence-electron chi connectivity index (χ4n) is 6.79. The fourth-order valence-corrected chi connectivity index (χ4v) is 6.79. The number of carbonyl (C=O) groups is 4.